The van der Waals surface area contributed by atoms with E-state index in [9.17, 15) is 0 Å². The van der Waals surface area contributed by atoms with Crippen LogP contribution in [0.5, 0.6) is 5.75 Å². The van der Waals surface area contributed by atoms with Crippen LogP contribution in [0, 0.1) is 18.6 Å². The maximum absolute atomic E-state index is 5.54. The minimum atomic E-state index is 0.308. The van der Waals surface area contributed by atoms with E-state index in [0.29, 0.717) is 10.7 Å². The van der Waals surface area contributed by atoms with Crippen molar-refractivity contribution in [2.24, 2.45) is 0 Å². The number of methoxy groups -OCH3 is 1. The molecule has 2 rings (SSSR count). The Hall–Kier alpha value is -1.62. The zero-order valence-corrected chi connectivity index (χ0v) is 12.5. The zero-order valence-electron chi connectivity index (χ0n) is 11.7. The van der Waals surface area contributed by atoms with E-state index in [1.807, 2.05) is 0 Å². The molecule has 2 aromatic rings. The topological polar surface area (TPSA) is 53.7 Å². The van der Waals surface area contributed by atoms with Crippen molar-refractivity contribution in [3.63, 3.8) is 0 Å². The van der Waals surface area contributed by atoms with Crippen molar-refractivity contribution in [1.82, 2.24) is 15.2 Å². The summed E-state index contributed by atoms with van der Waals surface area (Å²) < 4.78 is 6.03. The van der Waals surface area contributed by atoms with E-state index < -0.39 is 0 Å². The molecule has 0 aliphatic carbocycles. The first kappa shape index (κ1) is 13.8. The molecular formula is C14H19N3OS. The van der Waals surface area contributed by atoms with Gasteiger partial charge in [0, 0.05) is 6.42 Å². The Labute approximate surface area is 118 Å². The quantitative estimate of drug-likeness (QED) is 0.842. The number of ether oxygens (including phenoxy) is 1. The summed E-state index contributed by atoms with van der Waals surface area (Å²) in [5.74, 6) is 2.15. The van der Waals surface area contributed by atoms with Crippen LogP contribution in [0.15, 0.2) is 12.1 Å². The van der Waals surface area contributed by atoms with Gasteiger partial charge in [0.15, 0.2) is 0 Å². The second-order valence-corrected chi connectivity index (χ2v) is 5.31. The van der Waals surface area contributed by atoms with E-state index in [1.54, 1.807) is 7.11 Å². The number of nitrogens with one attached hydrogen (secondary N) is 2. The molecule has 19 heavy (non-hydrogen) atoms. The number of benzene rings is 1. The Kier molecular flexibility index (Phi) is 4.04. The van der Waals surface area contributed by atoms with Gasteiger partial charge in [-0.05, 0) is 43.1 Å². The number of hydrogen-bond acceptors (Lipinski definition) is 3. The summed E-state index contributed by atoms with van der Waals surface area (Å²) in [4.78, 5) is 4.24. The normalized spacial score (nSPS) is 12.4. The van der Waals surface area contributed by atoms with Crippen LogP contribution in [0.1, 0.15) is 35.4 Å². The molecule has 0 saturated carbocycles. The molecule has 1 unspecified atom stereocenters. The van der Waals surface area contributed by atoms with E-state index in [2.05, 4.69) is 48.1 Å². The maximum atomic E-state index is 5.54. The second kappa shape index (κ2) is 5.57. The number of hydrogen-bond donors (Lipinski definition) is 2. The van der Waals surface area contributed by atoms with Gasteiger partial charge >= 0.3 is 0 Å². The number of aromatic nitrogens is 3. The van der Waals surface area contributed by atoms with Crippen molar-refractivity contribution in [2.45, 2.75) is 33.1 Å². The van der Waals surface area contributed by atoms with Gasteiger partial charge in [-0.2, -0.15) is 0 Å². The summed E-state index contributed by atoms with van der Waals surface area (Å²) in [7, 11) is 1.72. The van der Waals surface area contributed by atoms with Crippen molar-refractivity contribution in [3.05, 3.63) is 39.4 Å². The molecule has 0 bridgehead atoms. The highest BCUT2D eigenvalue weighted by molar-refractivity contribution is 7.71. The van der Waals surface area contributed by atoms with Gasteiger partial charge in [-0.1, -0.05) is 24.6 Å². The van der Waals surface area contributed by atoms with E-state index >= 15 is 0 Å². The van der Waals surface area contributed by atoms with Gasteiger partial charge in [-0.25, -0.2) is 4.98 Å². The fourth-order valence-electron chi connectivity index (χ4n) is 2.43. The van der Waals surface area contributed by atoms with Gasteiger partial charge in [0.1, 0.15) is 11.6 Å². The first-order valence-electron chi connectivity index (χ1n) is 6.30. The molecule has 1 aromatic carbocycles. The van der Waals surface area contributed by atoms with Gasteiger partial charge in [0.2, 0.25) is 4.77 Å². The smallest absolute Gasteiger partial charge is 0.213 e. The average Bonchev–Trinajstić information content (AvgIpc) is 2.73. The molecule has 0 saturated heterocycles. The van der Waals surface area contributed by atoms with Crippen molar-refractivity contribution < 1.29 is 4.74 Å². The molecule has 0 spiro atoms. The molecule has 0 fully saturated rings. The predicted octanol–water partition coefficient (Wildman–Crippen LogP) is 3.44. The highest BCUT2D eigenvalue weighted by Gasteiger charge is 2.16. The number of rotatable bonds is 4. The summed E-state index contributed by atoms with van der Waals surface area (Å²) in [6, 6.07) is 4.31. The number of aryl methyl sites for hydroxylation is 2. The van der Waals surface area contributed by atoms with Crippen LogP contribution < -0.4 is 4.74 Å². The van der Waals surface area contributed by atoms with E-state index in [0.717, 1.165) is 18.0 Å². The standard InChI is InChI=1S/C14H19N3OS/c1-8-5-10(3)13(18-4)11(6-8)9(2)7-12-15-14(19)17-16-12/h5-6,9H,7H2,1-4H3,(H2,15,16,17,19). The van der Waals surface area contributed by atoms with E-state index in [1.165, 1.54) is 16.7 Å². The molecule has 0 amide bonds. The molecule has 0 aliphatic heterocycles. The number of H-pyrrole nitrogens is 2. The Balaban J connectivity index is 2.32. The van der Waals surface area contributed by atoms with E-state index in [4.69, 9.17) is 17.0 Å². The molecule has 102 valence electrons. The lowest BCUT2D eigenvalue weighted by atomic mass is 9.93. The van der Waals surface area contributed by atoms with Gasteiger partial charge in [-0.3, -0.25) is 10.2 Å². The minimum absolute atomic E-state index is 0.308. The fourth-order valence-corrected chi connectivity index (χ4v) is 2.59. The third kappa shape index (κ3) is 3.04. The lowest BCUT2D eigenvalue weighted by molar-refractivity contribution is 0.403. The first-order chi connectivity index (χ1) is 9.01. The zero-order chi connectivity index (χ0) is 14.0. The summed E-state index contributed by atoms with van der Waals surface area (Å²) >= 11 is 4.97. The number of aromatic amines is 2. The molecule has 2 N–H and O–H groups in total. The molecule has 5 heteroatoms. The van der Waals surface area contributed by atoms with Gasteiger partial charge in [-0.15, -0.1) is 0 Å². The van der Waals surface area contributed by atoms with Crippen molar-refractivity contribution in [3.8, 4) is 5.75 Å². The highest BCUT2D eigenvalue weighted by atomic mass is 32.1. The molecule has 0 radical (unpaired) electrons. The Morgan fingerprint density at radius 3 is 2.63 bits per heavy atom. The van der Waals surface area contributed by atoms with Crippen LogP contribution >= 0.6 is 12.2 Å². The summed E-state index contributed by atoms with van der Waals surface area (Å²) in [6.07, 6.45) is 0.798. The Morgan fingerprint density at radius 1 is 1.32 bits per heavy atom. The predicted molar refractivity (Wildman–Crippen MR) is 78.4 cm³/mol. The molecule has 1 heterocycles. The summed E-state index contributed by atoms with van der Waals surface area (Å²) in [5, 5.41) is 5.82. The lowest BCUT2D eigenvalue weighted by Crippen LogP contribution is -2.04. The van der Waals surface area contributed by atoms with Crippen LogP contribution in [0.2, 0.25) is 0 Å². The third-order valence-corrected chi connectivity index (χ3v) is 3.43. The molecule has 1 aromatic heterocycles. The van der Waals surface area contributed by atoms with Crippen LogP contribution in [0.25, 0.3) is 0 Å². The molecule has 1 atom stereocenters. The molecular weight excluding hydrogens is 258 g/mol. The van der Waals surface area contributed by atoms with E-state index in [-0.39, 0.29) is 0 Å². The third-order valence-electron chi connectivity index (χ3n) is 3.23. The van der Waals surface area contributed by atoms with Crippen molar-refractivity contribution in [2.75, 3.05) is 7.11 Å². The second-order valence-electron chi connectivity index (χ2n) is 4.92. The lowest BCUT2D eigenvalue weighted by Gasteiger charge is -2.17. The van der Waals surface area contributed by atoms with Crippen LogP contribution in [0.4, 0.5) is 0 Å². The first-order valence-corrected chi connectivity index (χ1v) is 6.70. The van der Waals surface area contributed by atoms with Crippen LogP contribution in [-0.2, 0) is 6.42 Å². The average molecular weight is 277 g/mol. The summed E-state index contributed by atoms with van der Waals surface area (Å²) in [5.41, 5.74) is 3.62. The van der Waals surface area contributed by atoms with Crippen molar-refractivity contribution in [1.29, 1.82) is 0 Å². The minimum Gasteiger partial charge on any atom is -0.496 e. The van der Waals surface area contributed by atoms with Crippen LogP contribution in [-0.4, -0.2) is 22.3 Å². The van der Waals surface area contributed by atoms with Crippen molar-refractivity contribution >= 4 is 12.2 Å². The SMILES string of the molecule is COc1c(C)cc(C)cc1C(C)Cc1nc(=S)[nH][nH]1. The summed E-state index contributed by atoms with van der Waals surface area (Å²) in [6.45, 7) is 6.34. The molecule has 0 aliphatic rings. The van der Waals surface area contributed by atoms with Gasteiger partial charge in [0.05, 0.1) is 7.11 Å². The Bertz CT molecular complexity index is 630. The Morgan fingerprint density at radius 2 is 2.05 bits per heavy atom. The van der Waals surface area contributed by atoms with Crippen LogP contribution in [0.3, 0.4) is 0 Å². The largest absolute Gasteiger partial charge is 0.496 e. The van der Waals surface area contributed by atoms with Gasteiger partial charge in [0.25, 0.3) is 0 Å². The monoisotopic (exact) mass is 277 g/mol. The fraction of sp³-hybridized carbons (Fsp3) is 0.429. The highest BCUT2D eigenvalue weighted by Crippen LogP contribution is 2.32. The molecule has 4 nitrogen and oxygen atoms in total. The maximum Gasteiger partial charge on any atom is 0.213 e. The van der Waals surface area contributed by atoms with Gasteiger partial charge < -0.3 is 4.74 Å². The number of nitrogens with zero attached hydrogens (tertiary/aromatic N) is 1.